The molecule has 276 valence electrons. The van der Waals surface area contributed by atoms with Crippen molar-refractivity contribution in [2.24, 2.45) is 23.2 Å². The van der Waals surface area contributed by atoms with E-state index in [1.165, 1.54) is 36.6 Å². The largest absolute Gasteiger partial charge is 0.507 e. The van der Waals surface area contributed by atoms with Crippen molar-refractivity contribution >= 4 is 22.9 Å². The van der Waals surface area contributed by atoms with Gasteiger partial charge in [0.2, 0.25) is 0 Å². The molecule has 53 heavy (non-hydrogen) atoms. The summed E-state index contributed by atoms with van der Waals surface area (Å²) >= 11 is 0. The summed E-state index contributed by atoms with van der Waals surface area (Å²) in [5, 5.41) is 68.0. The van der Waals surface area contributed by atoms with E-state index in [0.29, 0.717) is 58.7 Å². The second-order valence-corrected chi connectivity index (χ2v) is 16.5. The number of nitrogens with one attached hydrogen (secondary N) is 1. The van der Waals surface area contributed by atoms with Crippen molar-refractivity contribution in [3.8, 4) is 28.7 Å². The first-order chi connectivity index (χ1) is 25.6. The predicted octanol–water partition coefficient (Wildman–Crippen LogP) is 7.85. The molecule has 0 amide bonds. The molecule has 4 fully saturated rings. The fraction of sp³-hybridized carbons (Fsp3) is 0.422. The molecule has 8 nitrogen and oxygen atoms in total. The van der Waals surface area contributed by atoms with Gasteiger partial charge in [-0.05, 0) is 122 Å². The first kappa shape index (κ1) is 34.3. The molecule has 2 spiro atoms. The molecule has 4 aromatic rings. The van der Waals surface area contributed by atoms with E-state index < -0.39 is 0 Å². The zero-order chi connectivity index (χ0) is 36.5. The Morgan fingerprint density at radius 3 is 2.34 bits per heavy atom. The van der Waals surface area contributed by atoms with Gasteiger partial charge in [0.25, 0.3) is 0 Å². The molecule has 5 aliphatic rings. The first-order valence-electron chi connectivity index (χ1n) is 19.4. The van der Waals surface area contributed by atoms with Crippen LogP contribution in [0.5, 0.6) is 28.7 Å². The van der Waals surface area contributed by atoms with Gasteiger partial charge in [0.1, 0.15) is 5.75 Å². The minimum atomic E-state index is -0.357. The van der Waals surface area contributed by atoms with Crippen LogP contribution in [0.4, 0.5) is 0 Å². The fourth-order valence-corrected chi connectivity index (χ4v) is 11.1. The summed E-state index contributed by atoms with van der Waals surface area (Å²) < 4.78 is 7.22. The van der Waals surface area contributed by atoms with Crippen LogP contribution in [0.2, 0.25) is 0 Å². The predicted molar refractivity (Wildman–Crippen MR) is 205 cm³/mol. The monoisotopic (exact) mass is 715 g/mol. The second kappa shape index (κ2) is 13.1. The quantitative estimate of drug-likeness (QED) is 0.0556. The van der Waals surface area contributed by atoms with Gasteiger partial charge in [-0.1, -0.05) is 66.8 Å². The van der Waals surface area contributed by atoms with Crippen LogP contribution >= 0.6 is 0 Å². The lowest BCUT2D eigenvalue weighted by atomic mass is 9.47. The highest BCUT2D eigenvalue weighted by Crippen LogP contribution is 2.67. The molecule has 2 saturated heterocycles. The molecule has 4 aromatic carbocycles. The molecule has 2 aliphatic heterocycles. The lowest BCUT2D eigenvalue weighted by Gasteiger charge is -2.67. The van der Waals surface area contributed by atoms with Crippen molar-refractivity contribution in [3.63, 3.8) is 0 Å². The molecule has 0 radical (unpaired) electrons. The van der Waals surface area contributed by atoms with E-state index in [1.807, 2.05) is 0 Å². The van der Waals surface area contributed by atoms with E-state index in [0.717, 1.165) is 50.6 Å². The van der Waals surface area contributed by atoms with Gasteiger partial charge in [0, 0.05) is 29.5 Å². The van der Waals surface area contributed by atoms with Gasteiger partial charge in [0.15, 0.2) is 23.0 Å². The van der Waals surface area contributed by atoms with Gasteiger partial charge in [-0.25, -0.2) is 0 Å². The van der Waals surface area contributed by atoms with Crippen LogP contribution < -0.4 is 5.32 Å². The summed E-state index contributed by atoms with van der Waals surface area (Å²) in [6, 6.07) is 18.4. The molecule has 0 unspecified atom stereocenters. The van der Waals surface area contributed by atoms with E-state index >= 15 is 0 Å². The molecule has 3 aliphatic carbocycles. The normalized spacial score (nSPS) is 31.5. The Morgan fingerprint density at radius 1 is 0.755 bits per heavy atom. The maximum atomic E-state index is 11.2. The Bertz CT molecular complexity index is 2110. The van der Waals surface area contributed by atoms with Gasteiger partial charge < -0.3 is 40.7 Å². The topological polar surface area (TPSA) is 143 Å². The third kappa shape index (κ3) is 5.77. The van der Waals surface area contributed by atoms with Crippen LogP contribution in [0.1, 0.15) is 79.2 Å². The van der Waals surface area contributed by atoms with Gasteiger partial charge >= 0.3 is 0 Å². The minimum Gasteiger partial charge on any atom is -0.507 e. The molecule has 9 rings (SSSR count). The Balaban J connectivity index is 0.917. The smallest absolute Gasteiger partial charge is 0.169 e. The van der Waals surface area contributed by atoms with E-state index in [9.17, 15) is 30.6 Å². The van der Waals surface area contributed by atoms with E-state index in [4.69, 9.17) is 4.74 Å². The Labute approximate surface area is 310 Å². The van der Waals surface area contributed by atoms with E-state index in [1.54, 1.807) is 30.4 Å². The first-order valence-corrected chi connectivity index (χ1v) is 19.4. The molecular weight excluding hydrogens is 666 g/mol. The minimum absolute atomic E-state index is 0.0881. The summed E-state index contributed by atoms with van der Waals surface area (Å²) in [4.78, 5) is 0. The Morgan fingerprint density at radius 2 is 1.55 bits per heavy atom. The number of aliphatic hydroxyl groups excluding tert-OH is 1. The Kier molecular flexibility index (Phi) is 8.48. The molecule has 2 saturated carbocycles. The maximum Gasteiger partial charge on any atom is 0.169 e. The molecule has 0 aromatic heterocycles. The number of aliphatic hydroxyl groups is 1. The average molecular weight is 716 g/mol. The van der Waals surface area contributed by atoms with Crippen molar-refractivity contribution in [1.82, 2.24) is 5.32 Å². The Hall–Kier alpha value is -4.50. The number of rotatable bonds is 8. The third-order valence-corrected chi connectivity index (χ3v) is 13.7. The molecule has 7 N–H and O–H groups in total. The van der Waals surface area contributed by atoms with Crippen LogP contribution in [0.25, 0.3) is 22.9 Å². The molecule has 8 atom stereocenters. The average Bonchev–Trinajstić information content (AvgIpc) is 3.55. The number of aryl methyl sites for hydroxylation is 1. The highest BCUT2D eigenvalue weighted by molar-refractivity contribution is 6.03. The van der Waals surface area contributed by atoms with Crippen molar-refractivity contribution in [3.05, 3.63) is 101 Å². The molecular formula is C45H49NO7. The highest BCUT2D eigenvalue weighted by Gasteiger charge is 2.67. The number of phenolic OH excluding ortho intramolecular Hbond substituents is 5. The number of allylic oxidation sites excluding steroid dienone is 1. The summed E-state index contributed by atoms with van der Waals surface area (Å²) in [7, 11) is 0. The summed E-state index contributed by atoms with van der Waals surface area (Å²) in [6.07, 6.45) is 18.1. The van der Waals surface area contributed by atoms with Crippen LogP contribution in [-0.2, 0) is 24.1 Å². The molecule has 2 heterocycles. The van der Waals surface area contributed by atoms with Crippen molar-refractivity contribution in [1.29, 1.82) is 0 Å². The molecule has 8 heteroatoms. The van der Waals surface area contributed by atoms with Crippen LogP contribution in [-0.4, -0.2) is 54.5 Å². The van der Waals surface area contributed by atoms with E-state index in [2.05, 4.69) is 41.7 Å². The summed E-state index contributed by atoms with van der Waals surface area (Å²) in [5.74, 6) is 0.410. The number of aromatic hydroxyl groups is 5. The zero-order valence-electron chi connectivity index (χ0n) is 29.9. The van der Waals surface area contributed by atoms with Gasteiger partial charge in [0.05, 0.1) is 23.2 Å². The highest BCUT2D eigenvalue weighted by atomic mass is 16.5. The second-order valence-electron chi connectivity index (χ2n) is 16.5. The SMILES string of the molecule is Oc1ccc(/C=C/c2c(CCc3ccc(CN[C@@H]4C[C@@H]5O[C@]6(C4)[C@@H]4C[C@H]5C=C[C@H]4CC[C@]64CC[C@@H](O)C4)cc3)c(O)c(O)c3c(O)cccc23)cc1O. The number of hydrogen-bond acceptors (Lipinski definition) is 8. The lowest BCUT2D eigenvalue weighted by molar-refractivity contribution is -0.291. The summed E-state index contributed by atoms with van der Waals surface area (Å²) in [6.45, 7) is 0.766. The zero-order valence-corrected chi connectivity index (χ0v) is 29.9. The van der Waals surface area contributed by atoms with Crippen LogP contribution in [0.15, 0.2) is 72.8 Å². The summed E-state index contributed by atoms with van der Waals surface area (Å²) in [5.41, 5.74) is 4.07. The number of fused-ring (bicyclic) bond motifs is 4. The standard InChI is InChI=1S/C45H49NO7/c47-32-17-19-44(24-32)18-16-29-11-12-30-21-36(29)45(44)23-31(22-40(30)53-45)46-25-28-6-4-26(5-7-28)8-14-35-33(13-9-27-10-15-37(48)39(50)20-27)34-2-1-3-38(49)41(34)43(52)42(35)51/h1-7,9-13,15,20,29-32,36,40,46-52H,8,14,16-19,21-25H2/b13-9+/t29-,30+,31+,32+,36+,40-,44+,45+/m0/s1. The number of phenols is 5. The maximum absolute atomic E-state index is 11.2. The van der Waals surface area contributed by atoms with Crippen LogP contribution in [0, 0.1) is 23.2 Å². The number of benzene rings is 4. The third-order valence-electron chi connectivity index (χ3n) is 13.7. The van der Waals surface area contributed by atoms with Gasteiger partial charge in [-0.3, -0.25) is 0 Å². The van der Waals surface area contributed by atoms with Crippen LogP contribution in [0.3, 0.4) is 0 Å². The fourth-order valence-electron chi connectivity index (χ4n) is 11.1. The van der Waals surface area contributed by atoms with Gasteiger partial charge in [-0.2, -0.15) is 0 Å². The lowest BCUT2D eigenvalue weighted by Crippen LogP contribution is -2.69. The van der Waals surface area contributed by atoms with E-state index in [-0.39, 0.29) is 57.4 Å². The van der Waals surface area contributed by atoms with Crippen molar-refractivity contribution in [2.45, 2.75) is 94.6 Å². The number of ether oxygens (including phenoxy) is 1. The van der Waals surface area contributed by atoms with Crippen molar-refractivity contribution < 1.29 is 35.4 Å². The van der Waals surface area contributed by atoms with Gasteiger partial charge in [-0.15, -0.1) is 0 Å². The van der Waals surface area contributed by atoms with Crippen molar-refractivity contribution in [2.75, 3.05) is 0 Å². The molecule has 4 bridgehead atoms. The number of hydrogen-bond donors (Lipinski definition) is 7.